The first-order valence-electron chi connectivity index (χ1n) is 8.02. The first kappa shape index (κ1) is 19.3. The molecule has 10 heteroatoms. The van der Waals surface area contributed by atoms with Gasteiger partial charge in [0.05, 0.1) is 5.02 Å². The van der Waals surface area contributed by atoms with Crippen molar-refractivity contribution < 1.29 is 17.5 Å². The summed E-state index contributed by atoms with van der Waals surface area (Å²) in [7, 11) is -0.196. The summed E-state index contributed by atoms with van der Waals surface area (Å²) in [6.07, 6.45) is 4.18. The third kappa shape index (κ3) is 4.11. The molecule has 0 bridgehead atoms. The Bertz CT molecular complexity index is 875. The molecule has 0 amide bonds. The highest BCUT2D eigenvalue weighted by Crippen LogP contribution is 2.34. The Labute approximate surface area is 161 Å². The minimum Gasteiger partial charge on any atom is -0.487 e. The second-order valence-electron chi connectivity index (χ2n) is 6.27. The van der Waals surface area contributed by atoms with E-state index in [9.17, 15) is 12.8 Å². The summed E-state index contributed by atoms with van der Waals surface area (Å²) in [5.74, 6) is -0.774. The number of rotatable bonds is 6. The molecular weight excluding hydrogens is 401 g/mol. The maximum absolute atomic E-state index is 14.5. The van der Waals surface area contributed by atoms with Gasteiger partial charge in [-0.25, -0.2) is 17.8 Å². The zero-order valence-corrected chi connectivity index (χ0v) is 16.7. The zero-order valence-electron chi connectivity index (χ0n) is 14.3. The summed E-state index contributed by atoms with van der Waals surface area (Å²) in [6.45, 7) is 0. The van der Waals surface area contributed by atoms with Crippen LogP contribution in [0.3, 0.4) is 0 Å². The van der Waals surface area contributed by atoms with Gasteiger partial charge >= 0.3 is 0 Å². The molecule has 1 aromatic carbocycles. The van der Waals surface area contributed by atoms with Crippen LogP contribution in [0.25, 0.3) is 0 Å². The standard InChI is InChI=1S/C16H19ClFN3O3S2/c1-21(2)12-4-3-5-13(12)24-14-9-11(18)15(8-10(14)17)26(22,23)20-16-19-6-7-25-16/h6-9,12-13H,3-5H2,1-2H3,(H,19,20)/t12-,13-/m0/s1. The second kappa shape index (κ2) is 7.67. The molecule has 1 heterocycles. The topological polar surface area (TPSA) is 71.5 Å². The number of anilines is 1. The number of likely N-dealkylation sites (N-methyl/N-ethyl adjacent to an activating group) is 1. The van der Waals surface area contributed by atoms with Gasteiger partial charge in [0.1, 0.15) is 22.6 Å². The molecule has 3 rings (SSSR count). The van der Waals surface area contributed by atoms with E-state index in [4.69, 9.17) is 16.3 Å². The number of aromatic nitrogens is 1. The molecule has 1 aromatic heterocycles. The number of ether oxygens (including phenoxy) is 1. The lowest BCUT2D eigenvalue weighted by molar-refractivity contribution is 0.121. The quantitative estimate of drug-likeness (QED) is 0.774. The maximum atomic E-state index is 14.5. The Balaban J connectivity index is 1.84. The van der Waals surface area contributed by atoms with Crippen LogP contribution in [0.2, 0.25) is 5.02 Å². The van der Waals surface area contributed by atoms with E-state index >= 15 is 0 Å². The molecule has 1 aliphatic carbocycles. The molecule has 0 saturated heterocycles. The molecule has 0 aliphatic heterocycles. The summed E-state index contributed by atoms with van der Waals surface area (Å²) in [5, 5.41) is 1.82. The van der Waals surface area contributed by atoms with Crippen molar-refractivity contribution >= 4 is 38.1 Å². The van der Waals surface area contributed by atoms with Crippen molar-refractivity contribution in [1.82, 2.24) is 9.88 Å². The van der Waals surface area contributed by atoms with Crippen molar-refractivity contribution in [2.24, 2.45) is 0 Å². The van der Waals surface area contributed by atoms with Crippen LogP contribution in [-0.4, -0.2) is 44.5 Å². The van der Waals surface area contributed by atoms with E-state index in [2.05, 4.69) is 14.6 Å². The highest BCUT2D eigenvalue weighted by Gasteiger charge is 2.32. The van der Waals surface area contributed by atoms with Crippen LogP contribution in [0.15, 0.2) is 28.6 Å². The number of benzene rings is 1. The van der Waals surface area contributed by atoms with Crippen molar-refractivity contribution in [3.63, 3.8) is 0 Å². The fraction of sp³-hybridized carbons (Fsp3) is 0.438. The van der Waals surface area contributed by atoms with Gasteiger partial charge in [-0.3, -0.25) is 4.72 Å². The number of hydrogen-bond donors (Lipinski definition) is 1. The fourth-order valence-corrected chi connectivity index (χ4v) is 5.20. The smallest absolute Gasteiger partial charge is 0.266 e. The summed E-state index contributed by atoms with van der Waals surface area (Å²) < 4.78 is 47.4. The van der Waals surface area contributed by atoms with Gasteiger partial charge in [0.15, 0.2) is 5.13 Å². The predicted molar refractivity (Wildman–Crippen MR) is 100 cm³/mol. The predicted octanol–water partition coefficient (Wildman–Crippen LogP) is 3.60. The molecule has 1 saturated carbocycles. The molecule has 0 unspecified atom stereocenters. The average Bonchev–Trinajstić information content (AvgIpc) is 3.21. The number of thiazole rings is 1. The van der Waals surface area contributed by atoms with Gasteiger partial charge < -0.3 is 9.64 Å². The van der Waals surface area contributed by atoms with E-state index < -0.39 is 20.7 Å². The monoisotopic (exact) mass is 419 g/mol. The summed E-state index contributed by atoms with van der Waals surface area (Å²) in [4.78, 5) is 5.36. The zero-order chi connectivity index (χ0) is 18.9. The van der Waals surface area contributed by atoms with Gasteiger partial charge in [-0.1, -0.05) is 11.6 Å². The van der Waals surface area contributed by atoms with Crippen LogP contribution in [-0.2, 0) is 10.0 Å². The fourth-order valence-electron chi connectivity index (χ4n) is 3.05. The number of halogens is 2. The van der Waals surface area contributed by atoms with Gasteiger partial charge in [0.2, 0.25) is 0 Å². The molecule has 1 aliphatic rings. The lowest BCUT2D eigenvalue weighted by Crippen LogP contribution is -2.38. The molecule has 2 atom stereocenters. The summed E-state index contributed by atoms with van der Waals surface area (Å²) in [5.41, 5.74) is 0. The largest absolute Gasteiger partial charge is 0.487 e. The molecule has 0 radical (unpaired) electrons. The number of nitrogens with one attached hydrogen (secondary N) is 1. The molecule has 0 spiro atoms. The van der Waals surface area contributed by atoms with Crippen molar-refractivity contribution in [3.05, 3.63) is 34.5 Å². The Morgan fingerprint density at radius 2 is 2.15 bits per heavy atom. The van der Waals surface area contributed by atoms with Crippen LogP contribution in [0, 0.1) is 5.82 Å². The van der Waals surface area contributed by atoms with Crippen LogP contribution in [0.4, 0.5) is 9.52 Å². The lowest BCUT2D eigenvalue weighted by Gasteiger charge is -2.27. The van der Waals surface area contributed by atoms with Gasteiger partial charge in [-0.15, -0.1) is 11.3 Å². The average molecular weight is 420 g/mol. The minimum absolute atomic E-state index is 0.0512. The van der Waals surface area contributed by atoms with E-state index in [0.29, 0.717) is 0 Å². The Hall–Kier alpha value is -1.42. The van der Waals surface area contributed by atoms with Crippen molar-refractivity contribution in [2.75, 3.05) is 18.8 Å². The highest BCUT2D eigenvalue weighted by molar-refractivity contribution is 7.93. The highest BCUT2D eigenvalue weighted by atomic mass is 35.5. The summed E-state index contributed by atoms with van der Waals surface area (Å²) in [6, 6.07) is 2.31. The van der Waals surface area contributed by atoms with Crippen LogP contribution in [0.1, 0.15) is 19.3 Å². The van der Waals surface area contributed by atoms with Crippen LogP contribution < -0.4 is 9.46 Å². The maximum Gasteiger partial charge on any atom is 0.266 e. The van der Waals surface area contributed by atoms with E-state index in [1.807, 2.05) is 14.1 Å². The van der Waals surface area contributed by atoms with Crippen molar-refractivity contribution in [3.8, 4) is 5.75 Å². The molecule has 6 nitrogen and oxygen atoms in total. The number of nitrogens with zero attached hydrogens (tertiary/aromatic N) is 2. The minimum atomic E-state index is -4.13. The first-order valence-corrected chi connectivity index (χ1v) is 10.8. The van der Waals surface area contributed by atoms with Gasteiger partial charge in [-0.2, -0.15) is 0 Å². The van der Waals surface area contributed by atoms with Crippen LogP contribution in [0.5, 0.6) is 5.75 Å². The summed E-state index contributed by atoms with van der Waals surface area (Å²) >= 11 is 7.28. The molecule has 1 fully saturated rings. The van der Waals surface area contributed by atoms with E-state index in [1.165, 1.54) is 6.20 Å². The van der Waals surface area contributed by atoms with E-state index in [-0.39, 0.29) is 28.0 Å². The molecule has 142 valence electrons. The Kier molecular flexibility index (Phi) is 5.71. The Morgan fingerprint density at radius 1 is 1.38 bits per heavy atom. The third-order valence-electron chi connectivity index (χ3n) is 4.29. The van der Waals surface area contributed by atoms with Crippen LogP contribution >= 0.6 is 22.9 Å². The number of hydrogen-bond acceptors (Lipinski definition) is 6. The van der Waals surface area contributed by atoms with Gasteiger partial charge in [0, 0.05) is 23.7 Å². The second-order valence-corrected chi connectivity index (χ2v) is 9.23. The van der Waals surface area contributed by atoms with Crippen molar-refractivity contribution in [2.45, 2.75) is 36.3 Å². The van der Waals surface area contributed by atoms with Gasteiger partial charge in [0.25, 0.3) is 10.0 Å². The molecular formula is C16H19ClFN3O3S2. The molecule has 26 heavy (non-hydrogen) atoms. The number of sulfonamides is 1. The van der Waals surface area contributed by atoms with E-state index in [1.54, 1.807) is 5.38 Å². The molecule has 1 N–H and O–H groups in total. The third-order valence-corrected chi connectivity index (χ3v) is 6.76. The van der Waals surface area contributed by atoms with Gasteiger partial charge in [-0.05, 0) is 39.4 Å². The first-order chi connectivity index (χ1) is 12.3. The normalized spacial score (nSPS) is 20.5. The Morgan fingerprint density at radius 3 is 2.81 bits per heavy atom. The van der Waals surface area contributed by atoms with Crippen molar-refractivity contribution in [1.29, 1.82) is 0 Å². The lowest BCUT2D eigenvalue weighted by atomic mass is 10.2. The molecule has 2 aromatic rings. The van der Waals surface area contributed by atoms with E-state index in [0.717, 1.165) is 42.7 Å². The SMILES string of the molecule is CN(C)[C@H]1CCC[C@@H]1Oc1cc(F)c(S(=O)(=O)Nc2nccs2)cc1Cl.